The molecule has 0 radical (unpaired) electrons. The lowest BCUT2D eigenvalue weighted by atomic mass is 9.75. The summed E-state index contributed by atoms with van der Waals surface area (Å²) in [4.78, 5) is 14.0. The van der Waals surface area contributed by atoms with Crippen LogP contribution < -0.4 is 11.1 Å². The fraction of sp³-hybridized carbons (Fsp3) is 0.923. The number of nitrogens with one attached hydrogen (secondary N) is 1. The number of nitrogens with zero attached hydrogens (tertiary/aromatic N) is 1. The highest BCUT2D eigenvalue weighted by Gasteiger charge is 2.45. The van der Waals surface area contributed by atoms with Gasteiger partial charge >= 0.3 is 0 Å². The Morgan fingerprint density at radius 1 is 1.35 bits per heavy atom. The summed E-state index contributed by atoms with van der Waals surface area (Å²) >= 11 is 0. The minimum atomic E-state index is -0.328. The molecule has 0 saturated carbocycles. The van der Waals surface area contributed by atoms with Gasteiger partial charge in [0.25, 0.3) is 0 Å². The second-order valence-corrected chi connectivity index (χ2v) is 6.10. The molecule has 17 heavy (non-hydrogen) atoms. The molecule has 2 aliphatic rings. The highest BCUT2D eigenvalue weighted by atomic mass is 16.2. The number of nitrogens with two attached hydrogens (primary N) is 1. The highest BCUT2D eigenvalue weighted by Crippen LogP contribution is 2.36. The lowest BCUT2D eigenvalue weighted by molar-refractivity contribution is -0.146. The lowest BCUT2D eigenvalue weighted by Crippen LogP contribution is -2.64. The number of hydrogen-bond donors (Lipinski definition) is 2. The molecule has 1 atom stereocenters. The first-order valence-electron chi connectivity index (χ1n) is 6.79. The monoisotopic (exact) mass is 239 g/mol. The average molecular weight is 239 g/mol. The van der Waals surface area contributed by atoms with Crippen LogP contribution in [0, 0.1) is 11.3 Å². The predicted octanol–water partition coefficient (Wildman–Crippen LogP) is 0.572. The predicted molar refractivity (Wildman–Crippen MR) is 68.5 cm³/mol. The minimum absolute atomic E-state index is 0.134. The van der Waals surface area contributed by atoms with Crippen LogP contribution in [0.3, 0.4) is 0 Å². The molecule has 1 spiro atoms. The largest absolute Gasteiger partial charge is 0.340 e. The van der Waals surface area contributed by atoms with E-state index in [1.807, 2.05) is 18.7 Å². The van der Waals surface area contributed by atoms with E-state index < -0.39 is 0 Å². The SMILES string of the molecule is CC(C)[C@H](N)C(=O)N1CC2(CCCCNC2)C1. The summed E-state index contributed by atoms with van der Waals surface area (Å²) in [5.74, 6) is 0.362. The normalized spacial score (nSPS) is 25.5. The van der Waals surface area contributed by atoms with Crippen molar-refractivity contribution in [2.45, 2.75) is 39.2 Å². The van der Waals surface area contributed by atoms with Crippen molar-refractivity contribution < 1.29 is 4.79 Å². The number of amides is 1. The van der Waals surface area contributed by atoms with Crippen LogP contribution in [0.1, 0.15) is 33.1 Å². The van der Waals surface area contributed by atoms with Gasteiger partial charge in [-0.05, 0) is 25.3 Å². The Labute approximate surface area is 104 Å². The second-order valence-electron chi connectivity index (χ2n) is 6.10. The smallest absolute Gasteiger partial charge is 0.239 e. The van der Waals surface area contributed by atoms with Crippen molar-refractivity contribution in [1.29, 1.82) is 0 Å². The summed E-state index contributed by atoms with van der Waals surface area (Å²) < 4.78 is 0. The van der Waals surface area contributed by atoms with Crippen LogP contribution in [0.2, 0.25) is 0 Å². The topological polar surface area (TPSA) is 58.4 Å². The molecule has 4 nitrogen and oxygen atoms in total. The van der Waals surface area contributed by atoms with E-state index in [1.165, 1.54) is 19.3 Å². The van der Waals surface area contributed by atoms with Crippen LogP contribution in [0.15, 0.2) is 0 Å². The maximum absolute atomic E-state index is 12.1. The van der Waals surface area contributed by atoms with Crippen LogP contribution in [-0.4, -0.2) is 43.0 Å². The highest BCUT2D eigenvalue weighted by molar-refractivity contribution is 5.82. The summed E-state index contributed by atoms with van der Waals surface area (Å²) in [6, 6.07) is -0.328. The van der Waals surface area contributed by atoms with Crippen molar-refractivity contribution in [1.82, 2.24) is 10.2 Å². The second kappa shape index (κ2) is 4.94. The molecule has 0 aromatic carbocycles. The Morgan fingerprint density at radius 3 is 2.71 bits per heavy atom. The molecule has 0 bridgehead atoms. The minimum Gasteiger partial charge on any atom is -0.340 e. The first-order chi connectivity index (χ1) is 8.04. The number of carbonyl (C=O) groups is 1. The van der Waals surface area contributed by atoms with Gasteiger partial charge in [0.1, 0.15) is 0 Å². The van der Waals surface area contributed by atoms with Gasteiger partial charge in [0, 0.05) is 25.0 Å². The van der Waals surface area contributed by atoms with E-state index in [1.54, 1.807) is 0 Å². The van der Waals surface area contributed by atoms with Gasteiger partial charge in [-0.1, -0.05) is 20.3 Å². The third-order valence-electron chi connectivity index (χ3n) is 4.18. The molecule has 2 heterocycles. The van der Waals surface area contributed by atoms with Gasteiger partial charge in [-0.15, -0.1) is 0 Å². The Kier molecular flexibility index (Phi) is 3.73. The van der Waals surface area contributed by atoms with Gasteiger partial charge in [0.15, 0.2) is 0 Å². The molecule has 0 aliphatic carbocycles. The summed E-state index contributed by atoms with van der Waals surface area (Å²) in [6.45, 7) is 8.00. The van der Waals surface area contributed by atoms with Crippen molar-refractivity contribution in [3.05, 3.63) is 0 Å². The van der Waals surface area contributed by atoms with E-state index in [-0.39, 0.29) is 17.9 Å². The molecule has 98 valence electrons. The van der Waals surface area contributed by atoms with Crippen molar-refractivity contribution in [3.63, 3.8) is 0 Å². The quantitative estimate of drug-likeness (QED) is 0.741. The van der Waals surface area contributed by atoms with Gasteiger partial charge in [-0.3, -0.25) is 4.79 Å². The van der Waals surface area contributed by atoms with E-state index in [4.69, 9.17) is 5.73 Å². The molecule has 2 aliphatic heterocycles. The Bertz CT molecular complexity index is 274. The number of likely N-dealkylation sites (tertiary alicyclic amines) is 1. The molecule has 0 unspecified atom stereocenters. The standard InChI is InChI=1S/C13H25N3O/c1-10(2)11(14)12(17)16-8-13(9-16)5-3-4-6-15-7-13/h10-11,15H,3-9,14H2,1-2H3/t11-/m0/s1. The van der Waals surface area contributed by atoms with Gasteiger partial charge in [0.2, 0.25) is 5.91 Å². The molecule has 1 amide bonds. The number of rotatable bonds is 2. The van der Waals surface area contributed by atoms with E-state index in [0.717, 1.165) is 26.2 Å². The fourth-order valence-electron chi connectivity index (χ4n) is 2.88. The number of carbonyl (C=O) groups excluding carboxylic acids is 1. The molecule has 0 aromatic heterocycles. The fourth-order valence-corrected chi connectivity index (χ4v) is 2.88. The van der Waals surface area contributed by atoms with Gasteiger partial charge < -0.3 is 16.0 Å². The van der Waals surface area contributed by atoms with E-state index >= 15 is 0 Å². The zero-order valence-corrected chi connectivity index (χ0v) is 11.0. The Hall–Kier alpha value is -0.610. The summed E-state index contributed by atoms with van der Waals surface area (Å²) in [5, 5.41) is 3.48. The first kappa shape index (κ1) is 12.8. The zero-order chi connectivity index (χ0) is 12.5. The molecule has 2 fully saturated rings. The first-order valence-corrected chi connectivity index (χ1v) is 6.79. The van der Waals surface area contributed by atoms with E-state index in [0.29, 0.717) is 5.41 Å². The Morgan fingerprint density at radius 2 is 2.06 bits per heavy atom. The number of hydrogen-bond acceptors (Lipinski definition) is 3. The van der Waals surface area contributed by atoms with Gasteiger partial charge in [0.05, 0.1) is 6.04 Å². The molecular weight excluding hydrogens is 214 g/mol. The molecule has 4 heteroatoms. The average Bonchev–Trinajstić information content (AvgIpc) is 2.50. The third kappa shape index (κ3) is 2.63. The molecule has 2 saturated heterocycles. The van der Waals surface area contributed by atoms with Crippen molar-refractivity contribution in [3.8, 4) is 0 Å². The summed E-state index contributed by atoms with van der Waals surface area (Å²) in [7, 11) is 0. The van der Waals surface area contributed by atoms with Crippen LogP contribution in [0.25, 0.3) is 0 Å². The van der Waals surface area contributed by atoms with Crippen molar-refractivity contribution >= 4 is 5.91 Å². The lowest BCUT2D eigenvalue weighted by Gasteiger charge is -2.51. The van der Waals surface area contributed by atoms with E-state index in [2.05, 4.69) is 5.32 Å². The van der Waals surface area contributed by atoms with E-state index in [9.17, 15) is 4.79 Å². The van der Waals surface area contributed by atoms with Crippen LogP contribution in [-0.2, 0) is 4.79 Å². The third-order valence-corrected chi connectivity index (χ3v) is 4.18. The molecule has 2 rings (SSSR count). The molecular formula is C13H25N3O. The summed E-state index contributed by atoms with van der Waals surface area (Å²) in [6.07, 6.45) is 3.80. The summed E-state index contributed by atoms with van der Waals surface area (Å²) in [5.41, 5.74) is 6.26. The van der Waals surface area contributed by atoms with Crippen molar-refractivity contribution in [2.75, 3.05) is 26.2 Å². The Balaban J connectivity index is 1.86. The zero-order valence-electron chi connectivity index (χ0n) is 11.0. The van der Waals surface area contributed by atoms with Gasteiger partial charge in [-0.25, -0.2) is 0 Å². The van der Waals surface area contributed by atoms with Crippen LogP contribution in [0.5, 0.6) is 0 Å². The maximum atomic E-state index is 12.1. The van der Waals surface area contributed by atoms with Crippen LogP contribution in [0.4, 0.5) is 0 Å². The van der Waals surface area contributed by atoms with Crippen LogP contribution >= 0.6 is 0 Å². The van der Waals surface area contributed by atoms with Gasteiger partial charge in [-0.2, -0.15) is 0 Å². The maximum Gasteiger partial charge on any atom is 0.239 e. The molecule has 0 aromatic rings. The molecule has 3 N–H and O–H groups in total. The van der Waals surface area contributed by atoms with Crippen molar-refractivity contribution in [2.24, 2.45) is 17.1 Å².